The smallest absolute Gasteiger partial charge is 0.244 e. The number of nitrogens with one attached hydrogen (secondary N) is 1. The molecule has 164 valence electrons. The molecule has 4 aromatic rings. The molecule has 0 aliphatic heterocycles. The van der Waals surface area contributed by atoms with Crippen LogP contribution in [-0.2, 0) is 9.53 Å². The van der Waals surface area contributed by atoms with Crippen LogP contribution in [0.5, 0.6) is 5.75 Å². The summed E-state index contributed by atoms with van der Waals surface area (Å²) >= 11 is 0. The zero-order valence-electron chi connectivity index (χ0n) is 18.6. The largest absolute Gasteiger partial charge is 0.493 e. The van der Waals surface area contributed by atoms with E-state index in [0.717, 1.165) is 33.2 Å². The lowest BCUT2D eigenvalue weighted by molar-refractivity contribution is -0.116. The van der Waals surface area contributed by atoms with Crippen LogP contribution >= 0.6 is 0 Å². The fourth-order valence-corrected chi connectivity index (χ4v) is 3.82. The summed E-state index contributed by atoms with van der Waals surface area (Å²) in [5, 5.41) is 6.17. The normalized spacial score (nSPS) is 11.8. The number of ether oxygens (including phenoxy) is 2. The number of hydrogen-bond donors (Lipinski definition) is 1. The van der Waals surface area contributed by atoms with Crippen molar-refractivity contribution in [2.24, 2.45) is 0 Å². The predicted octanol–water partition coefficient (Wildman–Crippen LogP) is 5.82. The SMILES string of the molecule is CCOc1cc2occ(-c3ccc4ccccc4c3)c2cc1/C(C)=C/C(=O)NCCOC. The lowest BCUT2D eigenvalue weighted by atomic mass is 9.97. The molecule has 0 fully saturated rings. The van der Waals surface area contributed by atoms with E-state index in [9.17, 15) is 4.79 Å². The highest BCUT2D eigenvalue weighted by molar-refractivity contribution is 6.01. The van der Waals surface area contributed by atoms with E-state index in [1.54, 1.807) is 19.4 Å². The molecule has 0 spiro atoms. The number of hydrogen-bond acceptors (Lipinski definition) is 4. The molecule has 1 N–H and O–H groups in total. The second-order valence-corrected chi connectivity index (χ2v) is 7.60. The van der Waals surface area contributed by atoms with E-state index in [4.69, 9.17) is 13.9 Å². The van der Waals surface area contributed by atoms with Crippen LogP contribution < -0.4 is 10.1 Å². The Balaban J connectivity index is 1.76. The molecular weight excluding hydrogens is 402 g/mol. The van der Waals surface area contributed by atoms with Gasteiger partial charge in [0.15, 0.2) is 0 Å². The number of furan rings is 1. The van der Waals surface area contributed by atoms with E-state index in [0.29, 0.717) is 25.5 Å². The van der Waals surface area contributed by atoms with Gasteiger partial charge in [-0.05, 0) is 47.9 Å². The molecule has 32 heavy (non-hydrogen) atoms. The second kappa shape index (κ2) is 9.71. The molecular formula is C27H27NO4. The summed E-state index contributed by atoms with van der Waals surface area (Å²) in [6, 6.07) is 18.6. The average molecular weight is 430 g/mol. The van der Waals surface area contributed by atoms with Gasteiger partial charge >= 0.3 is 0 Å². The summed E-state index contributed by atoms with van der Waals surface area (Å²) in [5.41, 5.74) is 4.52. The monoisotopic (exact) mass is 429 g/mol. The van der Waals surface area contributed by atoms with Crippen molar-refractivity contribution in [2.75, 3.05) is 26.9 Å². The first-order chi connectivity index (χ1) is 15.6. The van der Waals surface area contributed by atoms with Crippen molar-refractivity contribution in [2.45, 2.75) is 13.8 Å². The molecule has 0 atom stereocenters. The Bertz CT molecular complexity index is 1290. The van der Waals surface area contributed by atoms with Gasteiger partial charge in [-0.1, -0.05) is 36.4 Å². The van der Waals surface area contributed by atoms with Crippen LogP contribution in [0, 0.1) is 0 Å². The van der Waals surface area contributed by atoms with E-state index in [2.05, 4.69) is 35.6 Å². The Kier molecular flexibility index (Phi) is 6.57. The highest BCUT2D eigenvalue weighted by Crippen LogP contribution is 2.38. The molecule has 0 saturated carbocycles. The summed E-state index contributed by atoms with van der Waals surface area (Å²) in [7, 11) is 1.61. The van der Waals surface area contributed by atoms with Crippen molar-refractivity contribution in [3.8, 4) is 16.9 Å². The van der Waals surface area contributed by atoms with Gasteiger partial charge in [-0.15, -0.1) is 0 Å². The first kappa shape index (κ1) is 21.7. The Labute approximate surface area is 187 Å². The number of methoxy groups -OCH3 is 1. The third-order valence-electron chi connectivity index (χ3n) is 5.41. The Morgan fingerprint density at radius 1 is 1.09 bits per heavy atom. The summed E-state index contributed by atoms with van der Waals surface area (Å²) < 4.78 is 16.7. The number of benzene rings is 3. The Hall–Kier alpha value is -3.57. The first-order valence-electron chi connectivity index (χ1n) is 10.7. The number of carbonyl (C=O) groups is 1. The third kappa shape index (κ3) is 4.53. The highest BCUT2D eigenvalue weighted by atomic mass is 16.5. The van der Waals surface area contributed by atoms with Crippen LogP contribution in [0.4, 0.5) is 0 Å². The molecule has 0 aliphatic rings. The Morgan fingerprint density at radius 2 is 1.91 bits per heavy atom. The maximum absolute atomic E-state index is 12.3. The lowest BCUT2D eigenvalue weighted by Gasteiger charge is -2.12. The highest BCUT2D eigenvalue weighted by Gasteiger charge is 2.15. The molecule has 0 radical (unpaired) electrons. The van der Waals surface area contributed by atoms with Crippen LogP contribution in [0.15, 0.2) is 71.4 Å². The maximum atomic E-state index is 12.3. The first-order valence-corrected chi connectivity index (χ1v) is 10.7. The minimum atomic E-state index is -0.163. The number of carbonyl (C=O) groups excluding carboxylic acids is 1. The van der Waals surface area contributed by atoms with Crippen molar-refractivity contribution in [3.05, 3.63) is 72.5 Å². The molecule has 4 rings (SSSR count). The van der Waals surface area contributed by atoms with Gasteiger partial charge in [0, 0.05) is 42.3 Å². The van der Waals surface area contributed by atoms with E-state index in [1.165, 1.54) is 10.8 Å². The quantitative estimate of drug-likeness (QED) is 0.283. The molecule has 0 unspecified atom stereocenters. The van der Waals surface area contributed by atoms with Crippen molar-refractivity contribution < 1.29 is 18.7 Å². The van der Waals surface area contributed by atoms with Gasteiger partial charge < -0.3 is 19.2 Å². The Morgan fingerprint density at radius 3 is 2.69 bits per heavy atom. The van der Waals surface area contributed by atoms with Crippen LogP contribution in [0.1, 0.15) is 19.4 Å². The molecule has 1 heterocycles. The zero-order valence-corrected chi connectivity index (χ0v) is 18.6. The van der Waals surface area contributed by atoms with E-state index in [1.807, 2.05) is 38.1 Å². The van der Waals surface area contributed by atoms with Gasteiger partial charge in [-0.2, -0.15) is 0 Å². The fourth-order valence-electron chi connectivity index (χ4n) is 3.82. The summed E-state index contributed by atoms with van der Waals surface area (Å²) in [5.74, 6) is 0.530. The molecule has 1 aromatic heterocycles. The molecule has 5 heteroatoms. The maximum Gasteiger partial charge on any atom is 0.244 e. The van der Waals surface area contributed by atoms with Crippen LogP contribution in [0.2, 0.25) is 0 Å². The van der Waals surface area contributed by atoms with Crippen molar-refractivity contribution >= 4 is 33.2 Å². The number of rotatable bonds is 8. The minimum absolute atomic E-state index is 0.163. The average Bonchev–Trinajstić information content (AvgIpc) is 3.21. The number of allylic oxidation sites excluding steroid dienone is 1. The van der Waals surface area contributed by atoms with Gasteiger partial charge in [0.1, 0.15) is 11.3 Å². The van der Waals surface area contributed by atoms with Crippen LogP contribution in [0.3, 0.4) is 0 Å². The number of fused-ring (bicyclic) bond motifs is 2. The summed E-state index contributed by atoms with van der Waals surface area (Å²) in [4.78, 5) is 12.3. The predicted molar refractivity (Wildman–Crippen MR) is 129 cm³/mol. The topological polar surface area (TPSA) is 60.7 Å². The van der Waals surface area contributed by atoms with Gasteiger partial charge in [0.05, 0.1) is 19.5 Å². The van der Waals surface area contributed by atoms with Gasteiger partial charge in [-0.3, -0.25) is 4.79 Å². The van der Waals surface area contributed by atoms with E-state index >= 15 is 0 Å². The van der Waals surface area contributed by atoms with Crippen molar-refractivity contribution in [1.29, 1.82) is 0 Å². The zero-order chi connectivity index (χ0) is 22.5. The van der Waals surface area contributed by atoms with E-state index < -0.39 is 0 Å². The van der Waals surface area contributed by atoms with Crippen LogP contribution in [0.25, 0.3) is 38.4 Å². The fraction of sp³-hybridized carbons (Fsp3) is 0.222. The second-order valence-electron chi connectivity index (χ2n) is 7.60. The summed E-state index contributed by atoms with van der Waals surface area (Å²) in [6.45, 7) is 5.30. The van der Waals surface area contributed by atoms with Crippen LogP contribution in [-0.4, -0.2) is 32.8 Å². The third-order valence-corrected chi connectivity index (χ3v) is 5.41. The van der Waals surface area contributed by atoms with Crippen molar-refractivity contribution in [1.82, 2.24) is 5.32 Å². The van der Waals surface area contributed by atoms with Crippen molar-refractivity contribution in [3.63, 3.8) is 0 Å². The molecule has 5 nitrogen and oxygen atoms in total. The van der Waals surface area contributed by atoms with Gasteiger partial charge in [0.25, 0.3) is 0 Å². The standard InChI is InChI=1S/C27H27NO4/c1-4-31-25-16-26-23(15-22(25)18(2)13-27(29)28-11-12-30-3)24(17-32-26)21-10-9-19-7-5-6-8-20(19)14-21/h5-10,13-17H,4,11-12H2,1-3H3,(H,28,29)/b18-13+. The van der Waals surface area contributed by atoms with E-state index in [-0.39, 0.29) is 5.91 Å². The molecule has 0 saturated heterocycles. The molecule has 1 amide bonds. The molecule has 0 bridgehead atoms. The lowest BCUT2D eigenvalue weighted by Crippen LogP contribution is -2.25. The van der Waals surface area contributed by atoms with Gasteiger partial charge in [-0.25, -0.2) is 0 Å². The van der Waals surface area contributed by atoms with Gasteiger partial charge in [0.2, 0.25) is 5.91 Å². The molecule has 3 aromatic carbocycles. The molecule has 0 aliphatic carbocycles. The minimum Gasteiger partial charge on any atom is -0.493 e. The number of amides is 1. The summed E-state index contributed by atoms with van der Waals surface area (Å²) in [6.07, 6.45) is 3.37.